The van der Waals surface area contributed by atoms with Crippen molar-refractivity contribution in [2.75, 3.05) is 36.0 Å². The number of hydrogen-bond donors (Lipinski definition) is 0. The van der Waals surface area contributed by atoms with Gasteiger partial charge in [-0.05, 0) is 113 Å². The van der Waals surface area contributed by atoms with Crippen molar-refractivity contribution in [1.82, 2.24) is 0 Å². The third kappa shape index (κ3) is 8.12. The summed E-state index contributed by atoms with van der Waals surface area (Å²) in [5, 5.41) is 29.0. The zero-order valence-corrected chi connectivity index (χ0v) is 28.0. The summed E-state index contributed by atoms with van der Waals surface area (Å²) < 4.78 is 12.3. The lowest BCUT2D eigenvalue weighted by Crippen LogP contribution is -2.21. The van der Waals surface area contributed by atoms with Gasteiger partial charge in [0.1, 0.15) is 40.9 Å². The highest BCUT2D eigenvalue weighted by Crippen LogP contribution is 2.41. The van der Waals surface area contributed by atoms with E-state index in [1.165, 1.54) is 11.4 Å². The Morgan fingerprint density at radius 1 is 0.702 bits per heavy atom. The van der Waals surface area contributed by atoms with Crippen molar-refractivity contribution in [3.63, 3.8) is 0 Å². The molecule has 0 aromatic heterocycles. The van der Waals surface area contributed by atoms with E-state index in [-0.39, 0.29) is 16.9 Å². The van der Waals surface area contributed by atoms with Gasteiger partial charge in [0, 0.05) is 43.1 Å². The topological polar surface area (TPSA) is 96.3 Å². The number of benzene rings is 2. The van der Waals surface area contributed by atoms with Gasteiger partial charge in [-0.3, -0.25) is 0 Å². The maximum Gasteiger partial charge on any atom is 0.172 e. The number of nitriles is 3. The molecule has 0 atom stereocenters. The van der Waals surface area contributed by atoms with Crippen LogP contribution in [0, 0.1) is 34.0 Å². The van der Waals surface area contributed by atoms with Crippen LogP contribution in [0.5, 0.6) is 0 Å². The van der Waals surface area contributed by atoms with Gasteiger partial charge in [0.2, 0.25) is 0 Å². The van der Waals surface area contributed by atoms with Crippen LogP contribution in [0.4, 0.5) is 11.4 Å². The van der Waals surface area contributed by atoms with Crippen molar-refractivity contribution in [2.24, 2.45) is 0 Å². The molecule has 0 radical (unpaired) electrons. The van der Waals surface area contributed by atoms with Gasteiger partial charge >= 0.3 is 0 Å². The van der Waals surface area contributed by atoms with Crippen LogP contribution >= 0.6 is 0 Å². The number of ether oxygens (including phenoxy) is 2. The molecule has 47 heavy (non-hydrogen) atoms. The molecule has 2 aliphatic heterocycles. The number of rotatable bonds is 11. The maximum absolute atomic E-state index is 10.0. The van der Waals surface area contributed by atoms with Crippen LogP contribution in [0.3, 0.4) is 0 Å². The summed E-state index contributed by atoms with van der Waals surface area (Å²) in [7, 11) is 0. The summed E-state index contributed by atoms with van der Waals surface area (Å²) in [4.78, 5) is 4.60. The van der Waals surface area contributed by atoms with Gasteiger partial charge in [0.25, 0.3) is 0 Å². The Morgan fingerprint density at radius 3 is 1.53 bits per heavy atom. The van der Waals surface area contributed by atoms with Crippen molar-refractivity contribution in [3.05, 3.63) is 130 Å². The largest absolute Gasteiger partial charge is 0.480 e. The molecular formula is C40H41N5O2. The van der Waals surface area contributed by atoms with Crippen LogP contribution in [-0.4, -0.2) is 31.8 Å². The minimum Gasteiger partial charge on any atom is -0.480 e. The van der Waals surface area contributed by atoms with Crippen LogP contribution in [0.15, 0.2) is 118 Å². The molecular weight excluding hydrogens is 582 g/mol. The summed E-state index contributed by atoms with van der Waals surface area (Å²) >= 11 is 0. The molecule has 0 fully saturated rings. The highest BCUT2D eigenvalue weighted by molar-refractivity contribution is 5.64. The highest BCUT2D eigenvalue weighted by atomic mass is 16.5. The molecule has 0 saturated carbocycles. The van der Waals surface area contributed by atoms with E-state index in [9.17, 15) is 15.8 Å². The van der Waals surface area contributed by atoms with Crippen LogP contribution in [0.2, 0.25) is 0 Å². The molecule has 2 aromatic carbocycles. The second kappa shape index (κ2) is 15.5. The molecule has 0 saturated heterocycles. The van der Waals surface area contributed by atoms with E-state index in [2.05, 4.69) is 92.1 Å². The van der Waals surface area contributed by atoms with E-state index in [0.29, 0.717) is 17.1 Å². The normalized spacial score (nSPS) is 15.3. The Bertz CT molecular complexity index is 1710. The van der Waals surface area contributed by atoms with E-state index in [0.717, 1.165) is 42.9 Å². The van der Waals surface area contributed by atoms with Crippen molar-refractivity contribution in [2.45, 2.75) is 47.1 Å². The molecule has 2 aromatic rings. The first-order valence-electron chi connectivity index (χ1n) is 16.0. The second-order valence-electron chi connectivity index (χ2n) is 11.5. The average molecular weight is 624 g/mol. The third-order valence-electron chi connectivity index (χ3n) is 8.15. The maximum atomic E-state index is 10.0. The first-order chi connectivity index (χ1) is 22.7. The van der Waals surface area contributed by atoms with E-state index >= 15 is 0 Å². The van der Waals surface area contributed by atoms with Crippen LogP contribution in [0.25, 0.3) is 12.2 Å². The molecule has 2 aliphatic rings. The molecule has 0 aliphatic carbocycles. The first-order valence-corrected chi connectivity index (χ1v) is 16.0. The highest BCUT2D eigenvalue weighted by Gasteiger charge is 2.39. The molecule has 0 bridgehead atoms. The van der Waals surface area contributed by atoms with Crippen molar-refractivity contribution < 1.29 is 9.47 Å². The molecule has 0 amide bonds. The van der Waals surface area contributed by atoms with E-state index in [1.54, 1.807) is 0 Å². The molecule has 2 heterocycles. The average Bonchev–Trinajstić information content (AvgIpc) is 3.34. The van der Waals surface area contributed by atoms with Crippen LogP contribution in [-0.2, 0) is 9.47 Å². The lowest BCUT2D eigenvalue weighted by molar-refractivity contribution is 0.0953. The fraction of sp³-hybridized carbons (Fsp3) is 0.275. The standard InChI is InChI=1S/C40H41N5O2/c1-7-44(8-2)33-17-11-29(12-18-33)15-21-35-23-31(25-38-37(28-43)39(32(26-41)27-42)47-40(38,5)6)24-36(46-35)22-16-30-13-19-34(20-14-30)45(9-3)10-4/h11-25H,7-10H2,1-6H3/b21-15+,22-16+. The van der Waals surface area contributed by atoms with Crippen LogP contribution < -0.4 is 9.80 Å². The van der Waals surface area contributed by atoms with Gasteiger partial charge in [-0.1, -0.05) is 36.4 Å². The third-order valence-corrected chi connectivity index (χ3v) is 8.15. The smallest absolute Gasteiger partial charge is 0.172 e. The monoisotopic (exact) mass is 623 g/mol. The molecule has 0 N–H and O–H groups in total. The Morgan fingerprint density at radius 2 is 1.15 bits per heavy atom. The Labute approximate surface area is 279 Å². The fourth-order valence-electron chi connectivity index (χ4n) is 5.55. The number of hydrogen-bond acceptors (Lipinski definition) is 7. The second-order valence-corrected chi connectivity index (χ2v) is 11.5. The quantitative estimate of drug-likeness (QED) is 0.231. The minimum absolute atomic E-state index is 0.0101. The summed E-state index contributed by atoms with van der Waals surface area (Å²) in [6.45, 7) is 16.0. The van der Waals surface area contributed by atoms with Crippen molar-refractivity contribution in [3.8, 4) is 18.2 Å². The molecule has 7 nitrogen and oxygen atoms in total. The minimum atomic E-state index is -0.933. The predicted molar refractivity (Wildman–Crippen MR) is 189 cm³/mol. The number of allylic oxidation sites excluding steroid dienone is 7. The molecule has 0 unspecified atom stereocenters. The Hall–Kier alpha value is -5.71. The Balaban J connectivity index is 1.73. The molecule has 0 spiro atoms. The van der Waals surface area contributed by atoms with E-state index < -0.39 is 5.60 Å². The zero-order chi connectivity index (χ0) is 34.0. The SMILES string of the molecule is CCN(CC)c1ccc(/C=C/C2=CC(=CC3=C(C#N)C(=C(C#N)C#N)OC3(C)C)C=C(/C=C/c3ccc(N(CC)CC)cc3)O2)cc1. The molecule has 4 rings (SSSR count). The summed E-state index contributed by atoms with van der Waals surface area (Å²) in [5.41, 5.74) is 4.79. The summed E-state index contributed by atoms with van der Waals surface area (Å²) in [6, 6.07) is 22.7. The van der Waals surface area contributed by atoms with Crippen LogP contribution in [0.1, 0.15) is 52.7 Å². The summed E-state index contributed by atoms with van der Waals surface area (Å²) in [5.74, 6) is 1.24. The fourth-order valence-corrected chi connectivity index (χ4v) is 5.55. The zero-order valence-electron chi connectivity index (χ0n) is 28.0. The van der Waals surface area contributed by atoms with Gasteiger partial charge in [0.05, 0.1) is 0 Å². The lowest BCUT2D eigenvalue weighted by Gasteiger charge is -2.22. The first kappa shape index (κ1) is 34.2. The Kier molecular flexibility index (Phi) is 11.3. The molecule has 238 valence electrons. The van der Waals surface area contributed by atoms with E-state index in [4.69, 9.17) is 9.47 Å². The molecule has 7 heteroatoms. The van der Waals surface area contributed by atoms with Gasteiger partial charge in [0.15, 0.2) is 11.3 Å². The van der Waals surface area contributed by atoms with Crippen molar-refractivity contribution in [1.29, 1.82) is 15.8 Å². The van der Waals surface area contributed by atoms with Gasteiger partial charge in [-0.2, -0.15) is 15.8 Å². The van der Waals surface area contributed by atoms with Gasteiger partial charge < -0.3 is 19.3 Å². The summed E-state index contributed by atoms with van der Waals surface area (Å²) in [6.07, 6.45) is 13.5. The van der Waals surface area contributed by atoms with Gasteiger partial charge in [-0.15, -0.1) is 0 Å². The van der Waals surface area contributed by atoms with E-state index in [1.807, 2.05) is 68.5 Å². The number of anilines is 2. The number of nitrogens with zero attached hydrogens (tertiary/aromatic N) is 5. The predicted octanol–water partition coefficient (Wildman–Crippen LogP) is 8.76. The van der Waals surface area contributed by atoms with Crippen molar-refractivity contribution >= 4 is 23.5 Å². The van der Waals surface area contributed by atoms with Gasteiger partial charge in [-0.25, -0.2) is 0 Å². The lowest BCUT2D eigenvalue weighted by atomic mass is 9.92.